The molecule has 1 N–H and O–H groups in total. The van der Waals surface area contributed by atoms with Gasteiger partial charge in [-0.3, -0.25) is 9.69 Å². The van der Waals surface area contributed by atoms with Gasteiger partial charge in [0.15, 0.2) is 0 Å². The van der Waals surface area contributed by atoms with Crippen molar-refractivity contribution in [1.29, 1.82) is 0 Å². The van der Waals surface area contributed by atoms with Crippen LogP contribution >= 0.6 is 11.6 Å². The number of nitrogens with zero attached hydrogens (tertiary/aromatic N) is 2. The molecule has 2 fully saturated rings. The second kappa shape index (κ2) is 10.7. The van der Waals surface area contributed by atoms with E-state index in [1.807, 2.05) is 38.1 Å². The zero-order valence-electron chi connectivity index (χ0n) is 20.6. The van der Waals surface area contributed by atoms with Gasteiger partial charge in [-0.15, -0.1) is 0 Å². The second-order valence-corrected chi connectivity index (χ2v) is 10.3. The molecule has 1 aromatic heterocycles. The highest BCUT2D eigenvalue weighted by atomic mass is 35.5. The SMILES string of the molecule is CC(C)NC(=O)Cc1cc2cc(OC3CCN(C4COC4)CC3)ccc2nc1-c1ccc(F)c(Cl)c1. The van der Waals surface area contributed by atoms with Gasteiger partial charge in [-0.25, -0.2) is 9.37 Å². The molecule has 2 aliphatic heterocycles. The number of benzene rings is 2. The Hall–Kier alpha value is -2.74. The molecule has 0 bridgehead atoms. The first-order valence-electron chi connectivity index (χ1n) is 12.5. The van der Waals surface area contributed by atoms with Gasteiger partial charge in [0.2, 0.25) is 5.91 Å². The predicted molar refractivity (Wildman–Crippen MR) is 139 cm³/mol. The molecule has 6 nitrogen and oxygen atoms in total. The lowest BCUT2D eigenvalue weighted by atomic mass is 10.00. The van der Waals surface area contributed by atoms with Gasteiger partial charge in [-0.05, 0) is 74.7 Å². The Morgan fingerprint density at radius 3 is 2.64 bits per heavy atom. The Kier molecular flexibility index (Phi) is 7.42. The number of ether oxygens (including phenoxy) is 2. The molecule has 3 aromatic rings. The fourth-order valence-corrected chi connectivity index (χ4v) is 5.01. The maximum absolute atomic E-state index is 13.8. The fraction of sp³-hybridized carbons (Fsp3) is 0.429. The largest absolute Gasteiger partial charge is 0.490 e. The van der Waals surface area contributed by atoms with Crippen molar-refractivity contribution in [3.05, 3.63) is 58.9 Å². The lowest BCUT2D eigenvalue weighted by Gasteiger charge is -2.41. The van der Waals surface area contributed by atoms with Crippen LogP contribution in [0.2, 0.25) is 5.02 Å². The van der Waals surface area contributed by atoms with Crippen molar-refractivity contribution in [3.63, 3.8) is 0 Å². The molecule has 0 spiro atoms. The molecule has 0 unspecified atom stereocenters. The van der Waals surface area contributed by atoms with Crippen molar-refractivity contribution in [2.75, 3.05) is 26.3 Å². The van der Waals surface area contributed by atoms with Crippen LogP contribution in [0.25, 0.3) is 22.2 Å². The first-order valence-corrected chi connectivity index (χ1v) is 12.9. The second-order valence-electron chi connectivity index (χ2n) is 9.92. The summed E-state index contributed by atoms with van der Waals surface area (Å²) in [7, 11) is 0. The first-order chi connectivity index (χ1) is 17.4. The molecule has 1 amide bonds. The quantitative estimate of drug-likeness (QED) is 0.483. The molecule has 2 aromatic carbocycles. The summed E-state index contributed by atoms with van der Waals surface area (Å²) in [4.78, 5) is 20.0. The van der Waals surface area contributed by atoms with E-state index in [0.29, 0.717) is 17.3 Å². The van der Waals surface area contributed by atoms with E-state index in [-0.39, 0.29) is 29.5 Å². The number of halogens is 2. The molecule has 8 heteroatoms. The van der Waals surface area contributed by atoms with Crippen molar-refractivity contribution >= 4 is 28.4 Å². The summed E-state index contributed by atoms with van der Waals surface area (Å²) in [5.41, 5.74) is 2.80. The number of nitrogens with one attached hydrogen (secondary N) is 1. The molecule has 3 heterocycles. The highest BCUT2D eigenvalue weighted by Crippen LogP contribution is 2.31. The van der Waals surface area contributed by atoms with E-state index in [2.05, 4.69) is 10.2 Å². The van der Waals surface area contributed by atoms with Crippen molar-refractivity contribution in [2.45, 2.75) is 51.3 Å². The van der Waals surface area contributed by atoms with Crippen LogP contribution in [0, 0.1) is 5.82 Å². The minimum Gasteiger partial charge on any atom is -0.490 e. The monoisotopic (exact) mass is 511 g/mol. The molecule has 36 heavy (non-hydrogen) atoms. The van der Waals surface area contributed by atoms with Gasteiger partial charge in [0.1, 0.15) is 17.7 Å². The van der Waals surface area contributed by atoms with Crippen LogP contribution in [-0.2, 0) is 16.0 Å². The van der Waals surface area contributed by atoms with Gasteiger partial charge in [-0.1, -0.05) is 11.6 Å². The fourth-order valence-electron chi connectivity index (χ4n) is 4.83. The highest BCUT2D eigenvalue weighted by molar-refractivity contribution is 6.31. The van der Waals surface area contributed by atoms with Crippen LogP contribution in [0.3, 0.4) is 0 Å². The third-order valence-corrected chi connectivity index (χ3v) is 7.06. The van der Waals surface area contributed by atoms with E-state index in [9.17, 15) is 9.18 Å². The maximum Gasteiger partial charge on any atom is 0.224 e. The van der Waals surface area contributed by atoms with E-state index in [4.69, 9.17) is 26.1 Å². The van der Waals surface area contributed by atoms with Crippen molar-refractivity contribution in [2.24, 2.45) is 0 Å². The maximum atomic E-state index is 13.8. The standard InChI is InChI=1S/C28H31ClFN3O3/c1-17(2)31-27(34)14-20-11-19-12-23(36-22-7-9-33(10-8-22)21-15-35-16-21)4-6-26(19)32-28(20)18-3-5-25(30)24(29)13-18/h3-6,11-13,17,21-22H,7-10,14-16H2,1-2H3,(H,31,34). The summed E-state index contributed by atoms with van der Waals surface area (Å²) in [6.07, 6.45) is 2.29. The number of aromatic nitrogens is 1. The van der Waals surface area contributed by atoms with E-state index in [1.54, 1.807) is 12.1 Å². The first kappa shape index (κ1) is 24.9. The zero-order valence-corrected chi connectivity index (χ0v) is 21.4. The predicted octanol–water partition coefficient (Wildman–Crippen LogP) is 5.00. The average molecular weight is 512 g/mol. The summed E-state index contributed by atoms with van der Waals surface area (Å²) in [6.45, 7) is 7.56. The Morgan fingerprint density at radius 2 is 1.97 bits per heavy atom. The highest BCUT2D eigenvalue weighted by Gasteiger charge is 2.30. The number of rotatable bonds is 7. The van der Waals surface area contributed by atoms with Gasteiger partial charge in [0.25, 0.3) is 0 Å². The van der Waals surface area contributed by atoms with Crippen LogP contribution in [0.1, 0.15) is 32.3 Å². The Morgan fingerprint density at radius 1 is 1.19 bits per heavy atom. The normalized spacial score (nSPS) is 17.4. The molecule has 0 saturated carbocycles. The van der Waals surface area contributed by atoms with Gasteiger partial charge < -0.3 is 14.8 Å². The topological polar surface area (TPSA) is 63.7 Å². The van der Waals surface area contributed by atoms with Crippen molar-refractivity contribution in [3.8, 4) is 17.0 Å². The molecule has 5 rings (SSSR count). The van der Waals surface area contributed by atoms with Crippen molar-refractivity contribution < 1.29 is 18.7 Å². The van der Waals surface area contributed by atoms with E-state index < -0.39 is 5.82 Å². The molecule has 190 valence electrons. The van der Waals surface area contributed by atoms with Gasteiger partial charge in [0.05, 0.1) is 41.9 Å². The molecule has 0 aliphatic carbocycles. The summed E-state index contributed by atoms with van der Waals surface area (Å²) >= 11 is 6.05. The minimum atomic E-state index is -0.492. The number of pyridine rings is 1. The summed E-state index contributed by atoms with van der Waals surface area (Å²) in [5, 5.41) is 3.84. The zero-order chi connectivity index (χ0) is 25.2. The van der Waals surface area contributed by atoms with Gasteiger partial charge in [-0.2, -0.15) is 0 Å². The number of likely N-dealkylation sites (tertiary alicyclic amines) is 1. The van der Waals surface area contributed by atoms with Crippen LogP contribution in [-0.4, -0.2) is 60.3 Å². The van der Waals surface area contributed by atoms with Crippen molar-refractivity contribution in [1.82, 2.24) is 15.2 Å². The number of amides is 1. The van der Waals surface area contributed by atoms with E-state index in [0.717, 1.165) is 61.4 Å². The molecule has 2 aliphatic rings. The summed E-state index contributed by atoms with van der Waals surface area (Å²) in [6, 6.07) is 12.9. The minimum absolute atomic E-state index is 0.0200. The lowest BCUT2D eigenvalue weighted by Crippen LogP contribution is -2.52. The molecule has 0 radical (unpaired) electrons. The number of fused-ring (bicyclic) bond motifs is 1. The van der Waals surface area contributed by atoms with Gasteiger partial charge in [0, 0.05) is 30.1 Å². The molecule has 2 saturated heterocycles. The lowest BCUT2D eigenvalue weighted by molar-refractivity contribution is -0.120. The molecule has 0 atom stereocenters. The summed E-state index contributed by atoms with van der Waals surface area (Å²) < 4.78 is 25.5. The van der Waals surface area contributed by atoms with Crippen LogP contribution in [0.15, 0.2) is 42.5 Å². The van der Waals surface area contributed by atoms with Crippen LogP contribution in [0.4, 0.5) is 4.39 Å². The third kappa shape index (κ3) is 5.64. The Balaban J connectivity index is 1.40. The van der Waals surface area contributed by atoms with E-state index >= 15 is 0 Å². The number of carbonyl (C=O) groups is 1. The Bertz CT molecular complexity index is 1260. The molecular weight excluding hydrogens is 481 g/mol. The average Bonchev–Trinajstić information content (AvgIpc) is 2.80. The van der Waals surface area contributed by atoms with Crippen LogP contribution in [0.5, 0.6) is 5.75 Å². The van der Waals surface area contributed by atoms with E-state index in [1.165, 1.54) is 6.07 Å². The summed E-state index contributed by atoms with van der Waals surface area (Å²) in [5.74, 6) is 0.204. The molecular formula is C28H31ClFN3O3. The smallest absolute Gasteiger partial charge is 0.224 e. The number of piperidine rings is 1. The third-order valence-electron chi connectivity index (χ3n) is 6.78. The van der Waals surface area contributed by atoms with Gasteiger partial charge >= 0.3 is 0 Å². The number of carbonyl (C=O) groups excluding carboxylic acids is 1. The number of hydrogen-bond acceptors (Lipinski definition) is 5. The van der Waals surface area contributed by atoms with Crippen LogP contribution < -0.4 is 10.1 Å². The Labute approximate surface area is 215 Å². The number of hydrogen-bond donors (Lipinski definition) is 1.